The number of H-pyrrole nitrogens is 1. The Morgan fingerprint density at radius 2 is 2.31 bits per heavy atom. The van der Waals surface area contributed by atoms with Crippen LogP contribution in [-0.4, -0.2) is 4.98 Å². The molecule has 70 valence electrons. The van der Waals surface area contributed by atoms with Gasteiger partial charge >= 0.3 is 4.87 Å². The van der Waals surface area contributed by atoms with E-state index in [9.17, 15) is 4.79 Å². The molecule has 3 atom stereocenters. The second-order valence-corrected chi connectivity index (χ2v) is 5.23. The highest BCUT2D eigenvalue weighted by molar-refractivity contribution is 7.07. The number of aromatic nitrogens is 1. The number of hydrogen-bond donors (Lipinski definition) is 1. The molecular formula is C10H13NOS. The van der Waals surface area contributed by atoms with Crippen molar-refractivity contribution < 1.29 is 0 Å². The molecule has 0 radical (unpaired) electrons. The maximum absolute atomic E-state index is 11.0. The van der Waals surface area contributed by atoms with Crippen molar-refractivity contribution in [2.75, 3.05) is 0 Å². The first-order chi connectivity index (χ1) is 6.33. The van der Waals surface area contributed by atoms with Crippen LogP contribution in [0.2, 0.25) is 0 Å². The molecule has 0 aromatic carbocycles. The zero-order valence-corrected chi connectivity index (χ0v) is 8.27. The smallest absolute Gasteiger partial charge is 0.304 e. The lowest BCUT2D eigenvalue weighted by molar-refractivity contribution is 0.414. The Kier molecular flexibility index (Phi) is 1.62. The summed E-state index contributed by atoms with van der Waals surface area (Å²) in [4.78, 5) is 14.1. The molecule has 1 heterocycles. The lowest BCUT2D eigenvalue weighted by Crippen LogP contribution is -2.10. The molecule has 2 aliphatic rings. The highest BCUT2D eigenvalue weighted by Gasteiger charge is 2.40. The molecule has 2 fully saturated rings. The van der Waals surface area contributed by atoms with Crippen LogP contribution in [0, 0.1) is 11.8 Å². The lowest BCUT2D eigenvalue weighted by atomic mass is 9.87. The summed E-state index contributed by atoms with van der Waals surface area (Å²) in [6, 6.07) is 0. The number of hydrogen-bond acceptors (Lipinski definition) is 2. The first-order valence-corrected chi connectivity index (χ1v) is 5.88. The van der Waals surface area contributed by atoms with Crippen molar-refractivity contribution in [3.8, 4) is 0 Å². The number of fused-ring (bicyclic) bond motifs is 2. The average Bonchev–Trinajstić information content (AvgIpc) is 2.77. The van der Waals surface area contributed by atoms with Gasteiger partial charge in [-0.3, -0.25) is 4.79 Å². The van der Waals surface area contributed by atoms with E-state index in [-0.39, 0.29) is 4.87 Å². The fourth-order valence-electron chi connectivity index (χ4n) is 3.10. The number of thiazole rings is 1. The number of rotatable bonds is 1. The Labute approximate surface area is 81.0 Å². The predicted octanol–water partition coefficient (Wildman–Crippen LogP) is 2.34. The molecule has 0 spiro atoms. The molecule has 2 nitrogen and oxygen atoms in total. The van der Waals surface area contributed by atoms with Gasteiger partial charge in [0.1, 0.15) is 0 Å². The van der Waals surface area contributed by atoms with Gasteiger partial charge in [-0.1, -0.05) is 17.8 Å². The minimum absolute atomic E-state index is 0.109. The monoisotopic (exact) mass is 195 g/mol. The van der Waals surface area contributed by atoms with Gasteiger partial charge in [0, 0.05) is 17.0 Å². The SMILES string of the molecule is O=c1[nH]c(C2CC3CCC2C3)cs1. The summed E-state index contributed by atoms with van der Waals surface area (Å²) < 4.78 is 0. The Balaban J connectivity index is 1.91. The third-order valence-electron chi connectivity index (χ3n) is 3.68. The van der Waals surface area contributed by atoms with Crippen molar-refractivity contribution in [1.82, 2.24) is 4.98 Å². The van der Waals surface area contributed by atoms with Crippen LogP contribution in [0.3, 0.4) is 0 Å². The first kappa shape index (κ1) is 7.80. The molecule has 3 heteroatoms. The Hall–Kier alpha value is -0.570. The highest BCUT2D eigenvalue weighted by atomic mass is 32.1. The van der Waals surface area contributed by atoms with Gasteiger partial charge in [0.25, 0.3) is 0 Å². The fraction of sp³-hybridized carbons (Fsp3) is 0.700. The minimum Gasteiger partial charge on any atom is -0.316 e. The molecule has 3 unspecified atom stereocenters. The van der Waals surface area contributed by atoms with Crippen LogP contribution in [0.4, 0.5) is 0 Å². The largest absolute Gasteiger partial charge is 0.316 e. The van der Waals surface area contributed by atoms with Crippen LogP contribution in [0.5, 0.6) is 0 Å². The maximum Gasteiger partial charge on any atom is 0.304 e. The topological polar surface area (TPSA) is 32.9 Å². The van der Waals surface area contributed by atoms with Crippen LogP contribution in [0.1, 0.15) is 37.3 Å². The van der Waals surface area contributed by atoms with Gasteiger partial charge in [0.15, 0.2) is 0 Å². The predicted molar refractivity (Wildman–Crippen MR) is 53.1 cm³/mol. The average molecular weight is 195 g/mol. The van der Waals surface area contributed by atoms with E-state index in [4.69, 9.17) is 0 Å². The van der Waals surface area contributed by atoms with Crippen LogP contribution in [0.15, 0.2) is 10.2 Å². The molecule has 2 bridgehead atoms. The summed E-state index contributed by atoms with van der Waals surface area (Å²) in [5.41, 5.74) is 1.21. The van der Waals surface area contributed by atoms with E-state index in [1.807, 2.05) is 5.38 Å². The fourth-order valence-corrected chi connectivity index (χ4v) is 3.74. The summed E-state index contributed by atoms with van der Waals surface area (Å²) in [5, 5.41) is 2.02. The molecule has 1 N–H and O–H groups in total. The standard InChI is InChI=1S/C10H13NOS/c12-10-11-9(5-13-10)8-4-6-1-2-7(8)3-6/h5-8H,1-4H2,(H,11,12). The van der Waals surface area contributed by atoms with Crippen molar-refractivity contribution in [3.05, 3.63) is 20.7 Å². The Bertz CT molecular complexity index is 367. The minimum atomic E-state index is 0.109. The van der Waals surface area contributed by atoms with Gasteiger partial charge in [-0.15, -0.1) is 0 Å². The maximum atomic E-state index is 11.0. The summed E-state index contributed by atoms with van der Waals surface area (Å²) in [5.74, 6) is 2.51. The van der Waals surface area contributed by atoms with E-state index >= 15 is 0 Å². The molecule has 1 aromatic rings. The van der Waals surface area contributed by atoms with Crippen molar-refractivity contribution in [1.29, 1.82) is 0 Å². The molecule has 2 aliphatic carbocycles. The van der Waals surface area contributed by atoms with Crippen molar-refractivity contribution in [3.63, 3.8) is 0 Å². The van der Waals surface area contributed by atoms with Gasteiger partial charge in [0.2, 0.25) is 0 Å². The Morgan fingerprint density at radius 3 is 2.85 bits per heavy atom. The van der Waals surface area contributed by atoms with Crippen molar-refractivity contribution >= 4 is 11.3 Å². The number of aromatic amines is 1. The molecule has 3 rings (SSSR count). The van der Waals surface area contributed by atoms with E-state index in [0.29, 0.717) is 5.92 Å². The summed E-state index contributed by atoms with van der Waals surface area (Å²) >= 11 is 1.31. The molecular weight excluding hydrogens is 182 g/mol. The Morgan fingerprint density at radius 1 is 1.38 bits per heavy atom. The van der Waals surface area contributed by atoms with Gasteiger partial charge in [-0.25, -0.2) is 0 Å². The highest BCUT2D eigenvalue weighted by Crippen LogP contribution is 2.52. The molecule has 0 saturated heterocycles. The summed E-state index contributed by atoms with van der Waals surface area (Å²) in [6.45, 7) is 0. The van der Waals surface area contributed by atoms with E-state index in [1.54, 1.807) is 0 Å². The van der Waals surface area contributed by atoms with Crippen LogP contribution in [-0.2, 0) is 0 Å². The first-order valence-electron chi connectivity index (χ1n) is 5.00. The molecule has 13 heavy (non-hydrogen) atoms. The van der Waals surface area contributed by atoms with Gasteiger partial charge in [-0.05, 0) is 31.1 Å². The summed E-state index contributed by atoms with van der Waals surface area (Å²) in [6.07, 6.45) is 5.53. The van der Waals surface area contributed by atoms with E-state index in [1.165, 1.54) is 42.7 Å². The molecule has 0 aliphatic heterocycles. The second-order valence-electron chi connectivity index (χ2n) is 4.38. The molecule has 0 amide bonds. The normalized spacial score (nSPS) is 37.1. The number of nitrogens with one attached hydrogen (secondary N) is 1. The van der Waals surface area contributed by atoms with Gasteiger partial charge in [0.05, 0.1) is 0 Å². The quantitative estimate of drug-likeness (QED) is 0.733. The van der Waals surface area contributed by atoms with Crippen molar-refractivity contribution in [2.45, 2.75) is 31.6 Å². The third kappa shape index (κ3) is 1.17. The zero-order chi connectivity index (χ0) is 8.84. The van der Waals surface area contributed by atoms with Crippen molar-refractivity contribution in [2.24, 2.45) is 11.8 Å². The molecule has 1 aromatic heterocycles. The van der Waals surface area contributed by atoms with Crippen LogP contribution < -0.4 is 4.87 Å². The zero-order valence-electron chi connectivity index (χ0n) is 7.45. The van der Waals surface area contributed by atoms with Gasteiger partial charge in [-0.2, -0.15) is 0 Å². The summed E-state index contributed by atoms with van der Waals surface area (Å²) in [7, 11) is 0. The lowest BCUT2D eigenvalue weighted by Gasteiger charge is -2.19. The van der Waals surface area contributed by atoms with Crippen LogP contribution in [0.25, 0.3) is 0 Å². The van der Waals surface area contributed by atoms with E-state index in [2.05, 4.69) is 4.98 Å². The van der Waals surface area contributed by atoms with E-state index < -0.39 is 0 Å². The molecule has 2 saturated carbocycles. The van der Waals surface area contributed by atoms with Crippen LogP contribution >= 0.6 is 11.3 Å². The van der Waals surface area contributed by atoms with E-state index in [0.717, 1.165) is 11.8 Å². The second kappa shape index (κ2) is 2.71. The van der Waals surface area contributed by atoms with Gasteiger partial charge < -0.3 is 4.98 Å². The third-order valence-corrected chi connectivity index (χ3v) is 4.36.